The summed E-state index contributed by atoms with van der Waals surface area (Å²) in [6.07, 6.45) is -3.48. The van der Waals surface area contributed by atoms with Gasteiger partial charge in [-0.25, -0.2) is 4.79 Å². The van der Waals surface area contributed by atoms with Crippen LogP contribution in [-0.4, -0.2) is 68.5 Å². The Kier molecular flexibility index (Phi) is 4.09. The van der Waals surface area contributed by atoms with Crippen molar-refractivity contribution in [2.45, 2.75) is 81.8 Å². The van der Waals surface area contributed by atoms with E-state index in [0.717, 1.165) is 0 Å². The van der Waals surface area contributed by atoms with Crippen molar-refractivity contribution in [3.8, 4) is 0 Å². The van der Waals surface area contributed by atoms with Gasteiger partial charge in [0.1, 0.15) is 35.6 Å². The highest BCUT2D eigenvalue weighted by atomic mass is 16.6. The summed E-state index contributed by atoms with van der Waals surface area (Å²) in [6, 6.07) is 0. The molecule has 8 nitrogen and oxygen atoms in total. The van der Waals surface area contributed by atoms with Crippen LogP contribution >= 0.6 is 0 Å². The molecule has 0 amide bonds. The van der Waals surface area contributed by atoms with E-state index in [9.17, 15) is 24.9 Å². The first-order chi connectivity index (χ1) is 12.9. The summed E-state index contributed by atoms with van der Waals surface area (Å²) in [4.78, 5) is 24.8. The fourth-order valence-electron chi connectivity index (χ4n) is 5.50. The van der Waals surface area contributed by atoms with Gasteiger partial charge in [-0.15, -0.1) is 0 Å². The van der Waals surface area contributed by atoms with Crippen molar-refractivity contribution < 1.29 is 39.1 Å². The van der Waals surface area contributed by atoms with E-state index in [2.05, 4.69) is 6.58 Å². The number of aliphatic hydroxyl groups is 3. The van der Waals surface area contributed by atoms with Crippen LogP contribution in [0.4, 0.5) is 0 Å². The van der Waals surface area contributed by atoms with E-state index in [1.807, 2.05) is 6.92 Å². The molecule has 2 aliphatic carbocycles. The molecule has 0 aromatic rings. The Morgan fingerprint density at radius 3 is 2.64 bits per heavy atom. The van der Waals surface area contributed by atoms with Gasteiger partial charge in [0.05, 0.1) is 23.4 Å². The number of epoxide rings is 1. The minimum Gasteiger partial charge on any atom is -0.461 e. The van der Waals surface area contributed by atoms with Gasteiger partial charge in [0.2, 0.25) is 0 Å². The average molecular weight is 396 g/mol. The van der Waals surface area contributed by atoms with Gasteiger partial charge in [0.15, 0.2) is 0 Å². The standard InChI is InChI=1S/C20H28O8/c1-6-8(2)16(22)26-10-7-18(4,24)20(25)13(19(5)15(28-19)14(20)21)12-11(10)9(3)17(23)27-12/h8,10-15,21,24-25H,3,6-7H2,1-2,4-5H3. The zero-order valence-electron chi connectivity index (χ0n) is 16.5. The quantitative estimate of drug-likeness (QED) is 0.348. The van der Waals surface area contributed by atoms with Crippen molar-refractivity contribution in [3.05, 3.63) is 12.2 Å². The van der Waals surface area contributed by atoms with E-state index < -0.39 is 65.0 Å². The maximum absolute atomic E-state index is 12.5. The summed E-state index contributed by atoms with van der Waals surface area (Å²) in [7, 11) is 0. The molecule has 3 N–H and O–H groups in total. The molecule has 2 heterocycles. The van der Waals surface area contributed by atoms with Crippen molar-refractivity contribution in [2.75, 3.05) is 0 Å². The Hall–Kier alpha value is -1.48. The van der Waals surface area contributed by atoms with Crippen LogP contribution in [0.5, 0.6) is 0 Å². The van der Waals surface area contributed by atoms with E-state index in [-0.39, 0.29) is 17.9 Å². The van der Waals surface area contributed by atoms with Crippen LogP contribution in [-0.2, 0) is 23.8 Å². The lowest BCUT2D eigenvalue weighted by molar-refractivity contribution is -0.240. The number of esters is 2. The van der Waals surface area contributed by atoms with Crippen molar-refractivity contribution >= 4 is 11.9 Å². The molecule has 8 heteroatoms. The number of hydrogen-bond acceptors (Lipinski definition) is 8. The number of aliphatic hydroxyl groups excluding tert-OH is 1. The Labute approximate surface area is 163 Å². The van der Waals surface area contributed by atoms with Gasteiger partial charge in [0, 0.05) is 12.0 Å². The van der Waals surface area contributed by atoms with Crippen molar-refractivity contribution in [1.29, 1.82) is 0 Å². The largest absolute Gasteiger partial charge is 0.461 e. The van der Waals surface area contributed by atoms with Gasteiger partial charge in [0.25, 0.3) is 0 Å². The first kappa shape index (κ1) is 19.8. The lowest BCUT2D eigenvalue weighted by atomic mass is 9.70. The number of hydrogen-bond donors (Lipinski definition) is 3. The number of carbonyl (C=O) groups is 2. The van der Waals surface area contributed by atoms with Crippen LogP contribution in [0.15, 0.2) is 12.2 Å². The zero-order valence-corrected chi connectivity index (χ0v) is 16.5. The van der Waals surface area contributed by atoms with Crippen LogP contribution in [0.3, 0.4) is 0 Å². The molecule has 0 radical (unpaired) electrons. The summed E-state index contributed by atoms with van der Waals surface area (Å²) < 4.78 is 16.9. The van der Waals surface area contributed by atoms with Gasteiger partial charge in [-0.3, -0.25) is 4.79 Å². The predicted octanol–water partition coefficient (Wildman–Crippen LogP) is 0.0761. The van der Waals surface area contributed by atoms with Gasteiger partial charge in [-0.2, -0.15) is 0 Å². The van der Waals surface area contributed by atoms with Crippen molar-refractivity contribution in [1.82, 2.24) is 0 Å². The topological polar surface area (TPSA) is 126 Å². The molecule has 2 saturated carbocycles. The fraction of sp³-hybridized carbons (Fsp3) is 0.800. The maximum atomic E-state index is 12.5. The molecule has 10 atom stereocenters. The van der Waals surface area contributed by atoms with E-state index in [0.29, 0.717) is 6.42 Å². The lowest BCUT2D eigenvalue weighted by Crippen LogP contribution is -2.65. The molecule has 156 valence electrons. The highest BCUT2D eigenvalue weighted by Gasteiger charge is 2.84. The Morgan fingerprint density at radius 2 is 2.04 bits per heavy atom. The second-order valence-electron chi connectivity index (χ2n) is 9.15. The van der Waals surface area contributed by atoms with Crippen LogP contribution < -0.4 is 0 Å². The van der Waals surface area contributed by atoms with Crippen molar-refractivity contribution in [3.63, 3.8) is 0 Å². The average Bonchev–Trinajstić information content (AvgIpc) is 3.17. The minimum absolute atomic E-state index is 0.134. The zero-order chi connectivity index (χ0) is 20.8. The second-order valence-corrected chi connectivity index (χ2v) is 9.15. The molecule has 28 heavy (non-hydrogen) atoms. The highest BCUT2D eigenvalue weighted by molar-refractivity contribution is 5.91. The molecule has 4 fully saturated rings. The lowest BCUT2D eigenvalue weighted by Gasteiger charge is -2.46. The SMILES string of the molecule is C=C1C(=O)OC2C1C(OC(=O)C(C)CC)CC(C)(O)C1(O)C(O)C3OC3(C)C21. The molecular formula is C20H28O8. The number of ether oxygens (including phenoxy) is 3. The molecular weight excluding hydrogens is 368 g/mol. The molecule has 0 aromatic carbocycles. The second kappa shape index (κ2) is 5.78. The summed E-state index contributed by atoms with van der Waals surface area (Å²) in [5.41, 5.74) is -4.62. The predicted molar refractivity (Wildman–Crippen MR) is 94.8 cm³/mol. The van der Waals surface area contributed by atoms with Crippen LogP contribution in [0.2, 0.25) is 0 Å². The fourth-order valence-corrected chi connectivity index (χ4v) is 5.50. The van der Waals surface area contributed by atoms with Gasteiger partial charge in [-0.05, 0) is 20.3 Å². The Morgan fingerprint density at radius 1 is 1.39 bits per heavy atom. The molecule has 10 unspecified atom stereocenters. The molecule has 0 aromatic heterocycles. The Bertz CT molecular complexity index is 746. The third kappa shape index (κ3) is 2.26. The van der Waals surface area contributed by atoms with Gasteiger partial charge < -0.3 is 29.5 Å². The summed E-state index contributed by atoms with van der Waals surface area (Å²) in [5, 5.41) is 33.6. The Balaban J connectivity index is 1.79. The molecule has 0 spiro atoms. The van der Waals surface area contributed by atoms with E-state index in [1.165, 1.54) is 6.92 Å². The third-order valence-electron chi connectivity index (χ3n) is 7.45. The number of rotatable bonds is 3. The van der Waals surface area contributed by atoms with Gasteiger partial charge >= 0.3 is 11.9 Å². The highest BCUT2D eigenvalue weighted by Crippen LogP contribution is 2.66. The first-order valence-corrected chi connectivity index (χ1v) is 9.81. The number of fused-ring (bicyclic) bond motifs is 5. The molecule has 4 aliphatic rings. The van der Waals surface area contributed by atoms with E-state index >= 15 is 0 Å². The molecule has 2 saturated heterocycles. The molecule has 0 bridgehead atoms. The maximum Gasteiger partial charge on any atom is 0.334 e. The summed E-state index contributed by atoms with van der Waals surface area (Å²) in [6.45, 7) is 10.5. The summed E-state index contributed by atoms with van der Waals surface area (Å²) in [5.74, 6) is -3.08. The van der Waals surface area contributed by atoms with Gasteiger partial charge in [-0.1, -0.05) is 20.4 Å². The first-order valence-electron chi connectivity index (χ1n) is 9.81. The molecule has 4 rings (SSSR count). The minimum atomic E-state index is -1.99. The monoisotopic (exact) mass is 396 g/mol. The van der Waals surface area contributed by atoms with Crippen LogP contribution in [0.25, 0.3) is 0 Å². The summed E-state index contributed by atoms with van der Waals surface area (Å²) >= 11 is 0. The molecule has 2 aliphatic heterocycles. The van der Waals surface area contributed by atoms with Crippen LogP contribution in [0.1, 0.15) is 40.5 Å². The normalized spacial score (nSPS) is 52.8. The van der Waals surface area contributed by atoms with Crippen molar-refractivity contribution in [2.24, 2.45) is 17.8 Å². The third-order valence-corrected chi connectivity index (χ3v) is 7.45. The number of carbonyl (C=O) groups excluding carboxylic acids is 2. The van der Waals surface area contributed by atoms with E-state index in [4.69, 9.17) is 14.2 Å². The van der Waals surface area contributed by atoms with Crippen LogP contribution in [0, 0.1) is 17.8 Å². The van der Waals surface area contributed by atoms with E-state index in [1.54, 1.807) is 13.8 Å². The smallest absolute Gasteiger partial charge is 0.334 e.